The van der Waals surface area contributed by atoms with Crippen LogP contribution in [0.15, 0.2) is 30.3 Å². The zero-order valence-electron chi connectivity index (χ0n) is 16.0. The van der Waals surface area contributed by atoms with E-state index in [1.54, 1.807) is 30.0 Å². The smallest absolute Gasteiger partial charge is 0.272 e. The monoisotopic (exact) mass is 385 g/mol. The lowest BCUT2D eigenvalue weighted by atomic mass is 10.2. The molecule has 1 aromatic carbocycles. The molecule has 2 aliphatic rings. The molecule has 28 heavy (non-hydrogen) atoms. The number of carbonyl (C=O) groups excluding carboxylic acids is 1. The van der Waals surface area contributed by atoms with Gasteiger partial charge in [0, 0.05) is 45.3 Å². The number of aryl methyl sites for hydroxylation is 1. The van der Waals surface area contributed by atoms with Crippen molar-refractivity contribution in [1.82, 2.24) is 14.9 Å². The standard InChI is InChI=1S/C20H24FN5O2/c1-15-22-17(20(27)26-10-12-28-13-11-26)14-19(23-15)25-8-6-24(7-9-25)18-5-3-2-4-16(18)21/h2-5,14H,6-13H2,1H3. The molecule has 1 amide bonds. The summed E-state index contributed by atoms with van der Waals surface area (Å²) in [5.41, 5.74) is 1.05. The molecule has 7 nitrogen and oxygen atoms in total. The summed E-state index contributed by atoms with van der Waals surface area (Å²) in [6.07, 6.45) is 0. The lowest BCUT2D eigenvalue weighted by Gasteiger charge is -2.37. The summed E-state index contributed by atoms with van der Waals surface area (Å²) in [6.45, 7) is 6.87. The predicted molar refractivity (Wildman–Crippen MR) is 104 cm³/mol. The van der Waals surface area contributed by atoms with Crippen molar-refractivity contribution in [2.24, 2.45) is 0 Å². The number of benzene rings is 1. The first-order valence-corrected chi connectivity index (χ1v) is 9.59. The van der Waals surface area contributed by atoms with Crippen molar-refractivity contribution in [2.45, 2.75) is 6.92 Å². The van der Waals surface area contributed by atoms with Gasteiger partial charge in [0.2, 0.25) is 0 Å². The summed E-state index contributed by atoms with van der Waals surface area (Å²) in [7, 11) is 0. The number of piperazine rings is 1. The number of ether oxygens (including phenoxy) is 1. The third kappa shape index (κ3) is 3.91. The molecule has 8 heteroatoms. The Morgan fingerprint density at radius 3 is 2.39 bits per heavy atom. The van der Waals surface area contributed by atoms with Crippen molar-refractivity contribution in [1.29, 1.82) is 0 Å². The van der Waals surface area contributed by atoms with Crippen LogP contribution in [0.4, 0.5) is 15.9 Å². The Bertz CT molecular complexity index is 848. The number of morpholine rings is 1. The van der Waals surface area contributed by atoms with Crippen LogP contribution in [-0.2, 0) is 4.74 Å². The zero-order chi connectivity index (χ0) is 19.5. The minimum Gasteiger partial charge on any atom is -0.378 e. The van der Waals surface area contributed by atoms with Crippen LogP contribution in [-0.4, -0.2) is 73.3 Å². The quantitative estimate of drug-likeness (QED) is 0.802. The van der Waals surface area contributed by atoms with Crippen molar-refractivity contribution >= 4 is 17.4 Å². The Morgan fingerprint density at radius 2 is 1.68 bits per heavy atom. The highest BCUT2D eigenvalue weighted by Crippen LogP contribution is 2.22. The van der Waals surface area contributed by atoms with Crippen LogP contribution in [0.25, 0.3) is 0 Å². The van der Waals surface area contributed by atoms with E-state index in [0.717, 1.165) is 5.82 Å². The number of carbonyl (C=O) groups is 1. The van der Waals surface area contributed by atoms with Crippen LogP contribution < -0.4 is 9.80 Å². The van der Waals surface area contributed by atoms with E-state index in [4.69, 9.17) is 4.74 Å². The Labute approximate surface area is 163 Å². The van der Waals surface area contributed by atoms with Gasteiger partial charge in [-0.1, -0.05) is 12.1 Å². The zero-order valence-corrected chi connectivity index (χ0v) is 16.0. The summed E-state index contributed by atoms with van der Waals surface area (Å²) < 4.78 is 19.4. The molecule has 2 saturated heterocycles. The number of hydrogen-bond donors (Lipinski definition) is 0. The summed E-state index contributed by atoms with van der Waals surface area (Å²) >= 11 is 0. The van der Waals surface area contributed by atoms with Gasteiger partial charge in [0.15, 0.2) is 0 Å². The van der Waals surface area contributed by atoms with Gasteiger partial charge in [-0.25, -0.2) is 14.4 Å². The normalized spacial score (nSPS) is 17.7. The number of halogens is 1. The molecule has 4 rings (SSSR count). The molecular formula is C20H24FN5O2. The first-order valence-electron chi connectivity index (χ1n) is 9.59. The molecule has 0 N–H and O–H groups in total. The van der Waals surface area contributed by atoms with Gasteiger partial charge in [0.05, 0.1) is 18.9 Å². The van der Waals surface area contributed by atoms with E-state index in [1.807, 2.05) is 11.0 Å². The number of anilines is 2. The maximum absolute atomic E-state index is 14.0. The van der Waals surface area contributed by atoms with E-state index in [0.29, 0.717) is 69.7 Å². The van der Waals surface area contributed by atoms with Crippen LogP contribution in [0.1, 0.15) is 16.3 Å². The fourth-order valence-electron chi connectivity index (χ4n) is 3.64. The number of nitrogens with zero attached hydrogens (tertiary/aromatic N) is 5. The summed E-state index contributed by atoms with van der Waals surface area (Å²) in [5.74, 6) is 1.04. The van der Waals surface area contributed by atoms with Crippen molar-refractivity contribution < 1.29 is 13.9 Å². The van der Waals surface area contributed by atoms with Gasteiger partial charge in [-0.2, -0.15) is 0 Å². The Balaban J connectivity index is 1.47. The van der Waals surface area contributed by atoms with Crippen LogP contribution in [0.2, 0.25) is 0 Å². The predicted octanol–water partition coefficient (Wildman–Crippen LogP) is 1.72. The van der Waals surface area contributed by atoms with Crippen LogP contribution >= 0.6 is 0 Å². The highest BCUT2D eigenvalue weighted by molar-refractivity contribution is 5.93. The Hall–Kier alpha value is -2.74. The maximum Gasteiger partial charge on any atom is 0.272 e. The van der Waals surface area contributed by atoms with Gasteiger partial charge in [-0.15, -0.1) is 0 Å². The van der Waals surface area contributed by atoms with Crippen molar-refractivity contribution in [2.75, 3.05) is 62.3 Å². The number of para-hydroxylation sites is 1. The van der Waals surface area contributed by atoms with Crippen LogP contribution in [0.5, 0.6) is 0 Å². The van der Waals surface area contributed by atoms with E-state index in [9.17, 15) is 9.18 Å². The van der Waals surface area contributed by atoms with E-state index >= 15 is 0 Å². The average molecular weight is 385 g/mol. The fraction of sp³-hybridized carbons (Fsp3) is 0.450. The molecule has 0 atom stereocenters. The van der Waals surface area contributed by atoms with Gasteiger partial charge in [0.25, 0.3) is 5.91 Å². The molecule has 3 heterocycles. The van der Waals surface area contributed by atoms with Crippen molar-refractivity contribution in [3.8, 4) is 0 Å². The first kappa shape index (κ1) is 18.6. The summed E-state index contributed by atoms with van der Waals surface area (Å²) in [4.78, 5) is 27.6. The molecule has 0 saturated carbocycles. The molecule has 0 unspecified atom stereocenters. The molecule has 1 aromatic heterocycles. The molecule has 0 spiro atoms. The molecular weight excluding hydrogens is 361 g/mol. The lowest BCUT2D eigenvalue weighted by molar-refractivity contribution is 0.0299. The molecule has 0 radical (unpaired) electrons. The third-order valence-corrected chi connectivity index (χ3v) is 5.14. The minimum atomic E-state index is -0.202. The number of aromatic nitrogens is 2. The largest absolute Gasteiger partial charge is 0.378 e. The first-order chi connectivity index (χ1) is 13.6. The number of hydrogen-bond acceptors (Lipinski definition) is 6. The number of rotatable bonds is 3. The molecule has 0 aliphatic carbocycles. The molecule has 2 fully saturated rings. The third-order valence-electron chi connectivity index (χ3n) is 5.14. The Morgan fingerprint density at radius 1 is 1.00 bits per heavy atom. The van der Waals surface area contributed by atoms with Gasteiger partial charge >= 0.3 is 0 Å². The molecule has 2 aromatic rings. The van der Waals surface area contributed by atoms with Crippen LogP contribution in [0, 0.1) is 12.7 Å². The highest BCUT2D eigenvalue weighted by Gasteiger charge is 2.24. The van der Waals surface area contributed by atoms with E-state index in [1.165, 1.54) is 6.07 Å². The SMILES string of the molecule is Cc1nc(C(=O)N2CCOCC2)cc(N2CCN(c3ccccc3F)CC2)n1. The van der Waals surface area contributed by atoms with Crippen LogP contribution in [0.3, 0.4) is 0 Å². The van der Waals surface area contributed by atoms with Crippen molar-refractivity contribution in [3.63, 3.8) is 0 Å². The van der Waals surface area contributed by atoms with Gasteiger partial charge in [-0.3, -0.25) is 4.79 Å². The maximum atomic E-state index is 14.0. The average Bonchev–Trinajstić information content (AvgIpc) is 2.74. The second kappa shape index (κ2) is 8.10. The minimum absolute atomic E-state index is 0.0833. The van der Waals surface area contributed by atoms with E-state index in [-0.39, 0.29) is 11.7 Å². The summed E-state index contributed by atoms with van der Waals surface area (Å²) in [5, 5.41) is 0. The second-order valence-electron chi connectivity index (χ2n) is 6.99. The topological polar surface area (TPSA) is 61.8 Å². The van der Waals surface area contributed by atoms with E-state index < -0.39 is 0 Å². The Kier molecular flexibility index (Phi) is 5.38. The van der Waals surface area contributed by atoms with E-state index in [2.05, 4.69) is 14.9 Å². The number of amides is 1. The molecule has 0 bridgehead atoms. The molecule has 148 valence electrons. The lowest BCUT2D eigenvalue weighted by Crippen LogP contribution is -2.47. The molecule has 2 aliphatic heterocycles. The summed E-state index contributed by atoms with van der Waals surface area (Å²) in [6, 6.07) is 8.61. The highest BCUT2D eigenvalue weighted by atomic mass is 19.1. The van der Waals surface area contributed by atoms with Gasteiger partial charge in [0.1, 0.15) is 23.2 Å². The van der Waals surface area contributed by atoms with Gasteiger partial charge in [-0.05, 0) is 19.1 Å². The van der Waals surface area contributed by atoms with Crippen molar-refractivity contribution in [3.05, 3.63) is 47.7 Å². The fourth-order valence-corrected chi connectivity index (χ4v) is 3.64. The second-order valence-corrected chi connectivity index (χ2v) is 6.99. The van der Waals surface area contributed by atoms with Gasteiger partial charge < -0.3 is 19.4 Å².